The van der Waals surface area contributed by atoms with Crippen LogP contribution >= 0.6 is 0 Å². The maximum Gasteiger partial charge on any atom is 0.0371 e. The molecule has 0 bridgehead atoms. The van der Waals surface area contributed by atoms with Crippen molar-refractivity contribution in [3.05, 3.63) is 29.3 Å². The Morgan fingerprint density at radius 3 is 2.83 bits per heavy atom. The Morgan fingerprint density at radius 1 is 1.22 bits per heavy atom. The first-order valence-electron chi connectivity index (χ1n) is 7.33. The van der Waals surface area contributed by atoms with Gasteiger partial charge in [-0.2, -0.15) is 0 Å². The third-order valence-electron chi connectivity index (χ3n) is 4.70. The largest absolute Gasteiger partial charge is 0.369 e. The van der Waals surface area contributed by atoms with Crippen molar-refractivity contribution >= 4 is 5.69 Å². The van der Waals surface area contributed by atoms with Crippen LogP contribution in [0.15, 0.2) is 18.2 Å². The molecule has 1 fully saturated rings. The van der Waals surface area contributed by atoms with Gasteiger partial charge in [-0.15, -0.1) is 0 Å². The molecular formula is C16H24N2. The first kappa shape index (κ1) is 12.0. The van der Waals surface area contributed by atoms with E-state index in [1.807, 2.05) is 0 Å². The quantitative estimate of drug-likeness (QED) is 0.860. The van der Waals surface area contributed by atoms with Gasteiger partial charge in [0.1, 0.15) is 0 Å². The van der Waals surface area contributed by atoms with Crippen molar-refractivity contribution < 1.29 is 0 Å². The molecule has 0 radical (unpaired) electrons. The third kappa shape index (κ3) is 2.14. The average Bonchev–Trinajstić information content (AvgIpc) is 2.85. The molecule has 1 N–H and O–H groups in total. The Hall–Kier alpha value is -1.02. The summed E-state index contributed by atoms with van der Waals surface area (Å²) in [6, 6.07) is 8.48. The zero-order valence-corrected chi connectivity index (χ0v) is 11.6. The number of aryl methyl sites for hydroxylation is 2. The summed E-state index contributed by atoms with van der Waals surface area (Å²) in [6.07, 6.45) is 6.43. The minimum absolute atomic E-state index is 0.649. The van der Waals surface area contributed by atoms with Crippen molar-refractivity contribution in [2.45, 2.75) is 51.1 Å². The second-order valence-corrected chi connectivity index (χ2v) is 5.86. The smallest absolute Gasteiger partial charge is 0.0371 e. The molecule has 0 spiro atoms. The molecule has 2 nitrogen and oxygen atoms in total. The van der Waals surface area contributed by atoms with Crippen LogP contribution in [-0.4, -0.2) is 25.7 Å². The molecule has 2 atom stereocenters. The molecule has 2 unspecified atom stereocenters. The molecule has 0 aromatic heterocycles. The number of piperidine rings is 1. The third-order valence-corrected chi connectivity index (χ3v) is 4.70. The molecule has 1 aromatic carbocycles. The fraction of sp³-hybridized carbons (Fsp3) is 0.625. The van der Waals surface area contributed by atoms with Crippen LogP contribution in [0.1, 0.15) is 37.3 Å². The Kier molecular flexibility index (Phi) is 3.29. The van der Waals surface area contributed by atoms with E-state index in [1.54, 1.807) is 11.1 Å². The van der Waals surface area contributed by atoms with Gasteiger partial charge in [0.15, 0.2) is 0 Å². The number of hydrogen-bond donors (Lipinski definition) is 1. The highest BCUT2D eigenvalue weighted by Crippen LogP contribution is 2.30. The number of nitrogens with one attached hydrogen (secondary N) is 1. The standard InChI is InChI=1S/C16H24N2/c1-12-10-15(17-2)8-9-18(12)16-7-6-13-4-3-5-14(13)11-16/h6-7,11-12,15,17H,3-5,8-10H2,1-2H3. The number of nitrogens with zero attached hydrogens (tertiary/aromatic N) is 1. The molecule has 2 aliphatic rings. The second kappa shape index (κ2) is 4.93. The van der Waals surface area contributed by atoms with Gasteiger partial charge in [-0.1, -0.05) is 6.07 Å². The SMILES string of the molecule is CNC1CCN(c2ccc3c(c2)CCC3)C(C)C1. The zero-order valence-electron chi connectivity index (χ0n) is 11.6. The van der Waals surface area contributed by atoms with Gasteiger partial charge in [-0.05, 0) is 69.3 Å². The van der Waals surface area contributed by atoms with Crippen LogP contribution < -0.4 is 10.2 Å². The van der Waals surface area contributed by atoms with Crippen molar-refractivity contribution in [3.63, 3.8) is 0 Å². The van der Waals surface area contributed by atoms with Crippen LogP contribution in [0.2, 0.25) is 0 Å². The lowest BCUT2D eigenvalue weighted by Gasteiger charge is -2.39. The number of benzene rings is 1. The van der Waals surface area contributed by atoms with Crippen molar-refractivity contribution in [2.75, 3.05) is 18.5 Å². The Labute approximate surface area is 110 Å². The van der Waals surface area contributed by atoms with E-state index in [2.05, 4.69) is 42.4 Å². The van der Waals surface area contributed by atoms with Gasteiger partial charge < -0.3 is 10.2 Å². The van der Waals surface area contributed by atoms with Crippen LogP contribution in [0.5, 0.6) is 0 Å². The van der Waals surface area contributed by atoms with Crippen LogP contribution in [0.4, 0.5) is 5.69 Å². The molecule has 98 valence electrons. The van der Waals surface area contributed by atoms with Crippen LogP contribution in [0.3, 0.4) is 0 Å². The lowest BCUT2D eigenvalue weighted by atomic mass is 9.97. The predicted octanol–water partition coefficient (Wildman–Crippen LogP) is 2.75. The Morgan fingerprint density at radius 2 is 2.06 bits per heavy atom. The summed E-state index contributed by atoms with van der Waals surface area (Å²) in [4.78, 5) is 2.59. The summed E-state index contributed by atoms with van der Waals surface area (Å²) in [5.41, 5.74) is 4.62. The molecule has 0 amide bonds. The van der Waals surface area contributed by atoms with Gasteiger partial charge >= 0.3 is 0 Å². The highest BCUT2D eigenvalue weighted by atomic mass is 15.2. The van der Waals surface area contributed by atoms with Gasteiger partial charge in [0.25, 0.3) is 0 Å². The molecule has 0 saturated carbocycles. The van der Waals surface area contributed by atoms with E-state index >= 15 is 0 Å². The fourth-order valence-electron chi connectivity index (χ4n) is 3.55. The molecule has 2 heteroatoms. The first-order chi connectivity index (χ1) is 8.78. The topological polar surface area (TPSA) is 15.3 Å². The molecule has 1 aliphatic heterocycles. The summed E-state index contributed by atoms with van der Waals surface area (Å²) in [7, 11) is 2.09. The minimum Gasteiger partial charge on any atom is -0.369 e. The molecule has 3 rings (SSSR count). The van der Waals surface area contributed by atoms with E-state index in [9.17, 15) is 0 Å². The molecule has 1 aromatic rings. The van der Waals surface area contributed by atoms with E-state index in [-0.39, 0.29) is 0 Å². The summed E-state index contributed by atoms with van der Waals surface area (Å²) in [5.74, 6) is 0. The van der Waals surface area contributed by atoms with Gasteiger partial charge in [-0.3, -0.25) is 0 Å². The molecule has 18 heavy (non-hydrogen) atoms. The fourth-order valence-corrected chi connectivity index (χ4v) is 3.55. The van der Waals surface area contributed by atoms with Crippen LogP contribution in [0, 0.1) is 0 Å². The van der Waals surface area contributed by atoms with Gasteiger partial charge in [0, 0.05) is 24.3 Å². The molecule has 1 heterocycles. The Bertz CT molecular complexity index is 427. The van der Waals surface area contributed by atoms with Crippen LogP contribution in [-0.2, 0) is 12.8 Å². The summed E-state index contributed by atoms with van der Waals surface area (Å²) in [5, 5.41) is 3.42. The normalized spacial score (nSPS) is 27.3. The summed E-state index contributed by atoms with van der Waals surface area (Å²) >= 11 is 0. The van der Waals surface area contributed by atoms with Crippen LogP contribution in [0.25, 0.3) is 0 Å². The van der Waals surface area contributed by atoms with Crippen molar-refractivity contribution in [1.29, 1.82) is 0 Å². The average molecular weight is 244 g/mol. The van der Waals surface area contributed by atoms with Gasteiger partial charge in [0.2, 0.25) is 0 Å². The van der Waals surface area contributed by atoms with Gasteiger partial charge in [-0.25, -0.2) is 0 Å². The molecular weight excluding hydrogens is 220 g/mol. The predicted molar refractivity (Wildman–Crippen MR) is 77.4 cm³/mol. The number of rotatable bonds is 2. The number of anilines is 1. The maximum absolute atomic E-state index is 3.42. The highest BCUT2D eigenvalue weighted by molar-refractivity contribution is 5.53. The monoisotopic (exact) mass is 244 g/mol. The van der Waals surface area contributed by atoms with E-state index < -0.39 is 0 Å². The summed E-state index contributed by atoms with van der Waals surface area (Å²) < 4.78 is 0. The van der Waals surface area contributed by atoms with Gasteiger partial charge in [0.05, 0.1) is 0 Å². The number of fused-ring (bicyclic) bond motifs is 1. The Balaban J connectivity index is 1.78. The highest BCUT2D eigenvalue weighted by Gasteiger charge is 2.25. The lowest BCUT2D eigenvalue weighted by Crippen LogP contribution is -2.46. The van der Waals surface area contributed by atoms with E-state index in [1.165, 1.54) is 44.3 Å². The minimum atomic E-state index is 0.649. The zero-order chi connectivity index (χ0) is 12.5. The second-order valence-electron chi connectivity index (χ2n) is 5.86. The maximum atomic E-state index is 3.42. The molecule has 1 aliphatic carbocycles. The van der Waals surface area contributed by atoms with Crippen molar-refractivity contribution in [3.8, 4) is 0 Å². The van der Waals surface area contributed by atoms with E-state index in [0.29, 0.717) is 12.1 Å². The van der Waals surface area contributed by atoms with E-state index in [4.69, 9.17) is 0 Å². The lowest BCUT2D eigenvalue weighted by molar-refractivity contribution is 0.387. The summed E-state index contributed by atoms with van der Waals surface area (Å²) in [6.45, 7) is 3.54. The first-order valence-corrected chi connectivity index (χ1v) is 7.33. The van der Waals surface area contributed by atoms with E-state index in [0.717, 1.165) is 0 Å². The number of hydrogen-bond acceptors (Lipinski definition) is 2. The van der Waals surface area contributed by atoms with Crippen molar-refractivity contribution in [2.24, 2.45) is 0 Å². The molecule has 1 saturated heterocycles. The van der Waals surface area contributed by atoms with Crippen molar-refractivity contribution in [1.82, 2.24) is 5.32 Å².